The van der Waals surface area contributed by atoms with E-state index in [4.69, 9.17) is 34.8 Å². The molecule has 0 aliphatic rings. The van der Waals surface area contributed by atoms with Crippen LogP contribution in [0.15, 0.2) is 0 Å². The van der Waals surface area contributed by atoms with Gasteiger partial charge in [-0.2, -0.15) is 0 Å². The molecule has 0 nitrogen and oxygen atoms in total. The normalized spacial score (nSPS) is 15.4. The Kier molecular flexibility index (Phi) is 8.64. The van der Waals surface area contributed by atoms with Crippen LogP contribution >= 0.6 is 50.7 Å². The van der Waals surface area contributed by atoms with Gasteiger partial charge in [-0.1, -0.05) is 0 Å². The molecule has 0 N–H and O–H groups in total. The van der Waals surface area contributed by atoms with Crippen molar-refractivity contribution in [1.82, 2.24) is 0 Å². The molecule has 1 atom stereocenters. The first-order valence-electron chi connectivity index (χ1n) is 5.49. The molecular formula is C10H20BrCl3Sn. The van der Waals surface area contributed by atoms with Crippen molar-refractivity contribution in [3.63, 3.8) is 0 Å². The van der Waals surface area contributed by atoms with Crippen LogP contribution < -0.4 is 0 Å². The van der Waals surface area contributed by atoms with E-state index >= 15 is 0 Å². The van der Waals surface area contributed by atoms with E-state index < -0.39 is 22.2 Å². The standard InChI is InChI=1S/C4H5BrCl3.3C2H5.Sn/c1-3(5)2-4(6,7)8;3*1-2;/h3H,1-2H2;3*1H2,2H3;. The van der Waals surface area contributed by atoms with Gasteiger partial charge in [-0.05, 0) is 0 Å². The Labute approximate surface area is 121 Å². The van der Waals surface area contributed by atoms with Crippen molar-refractivity contribution in [2.24, 2.45) is 0 Å². The maximum absolute atomic E-state index is 5.81. The van der Waals surface area contributed by atoms with Crippen LogP contribution in [-0.2, 0) is 0 Å². The van der Waals surface area contributed by atoms with Gasteiger partial charge in [0.15, 0.2) is 0 Å². The summed E-state index contributed by atoms with van der Waals surface area (Å²) >= 11 is 19.2. The summed E-state index contributed by atoms with van der Waals surface area (Å²) in [5.41, 5.74) is 0. The fourth-order valence-corrected chi connectivity index (χ4v) is 18.0. The number of hydrogen-bond donors (Lipinski definition) is 0. The Bertz CT molecular complexity index is 170. The predicted molar refractivity (Wildman–Crippen MR) is 79.6 cm³/mol. The van der Waals surface area contributed by atoms with Crippen molar-refractivity contribution in [2.45, 2.75) is 53.6 Å². The number of rotatable bonds is 6. The van der Waals surface area contributed by atoms with Crippen LogP contribution in [-0.4, -0.2) is 27.0 Å². The molecule has 0 radical (unpaired) electrons. The molecule has 1 unspecified atom stereocenters. The Balaban J connectivity index is 4.29. The zero-order valence-electron chi connectivity index (χ0n) is 9.62. The van der Waals surface area contributed by atoms with Gasteiger partial charge < -0.3 is 0 Å². The Hall–Kier alpha value is 2.15. The van der Waals surface area contributed by atoms with Gasteiger partial charge in [0.1, 0.15) is 0 Å². The van der Waals surface area contributed by atoms with Crippen LogP contribution in [0.3, 0.4) is 0 Å². The second kappa shape index (κ2) is 7.55. The summed E-state index contributed by atoms with van der Waals surface area (Å²) in [5, 5.41) is 0. The Morgan fingerprint density at radius 1 is 1.07 bits per heavy atom. The average Bonchev–Trinajstić information content (AvgIpc) is 2.11. The van der Waals surface area contributed by atoms with Gasteiger partial charge >= 0.3 is 123 Å². The molecule has 0 amide bonds. The van der Waals surface area contributed by atoms with Gasteiger partial charge in [0.05, 0.1) is 0 Å². The molecule has 0 spiro atoms. The van der Waals surface area contributed by atoms with E-state index in [-0.39, 0.29) is 0 Å². The van der Waals surface area contributed by atoms with E-state index in [2.05, 4.69) is 36.7 Å². The molecule has 15 heavy (non-hydrogen) atoms. The summed E-state index contributed by atoms with van der Waals surface area (Å²) in [4.78, 5) is 0.376. The molecule has 0 bridgehead atoms. The molecule has 0 aliphatic carbocycles. The van der Waals surface area contributed by atoms with Gasteiger partial charge in [-0.3, -0.25) is 0 Å². The topological polar surface area (TPSA) is 0 Å². The Morgan fingerprint density at radius 3 is 1.73 bits per heavy atom. The van der Waals surface area contributed by atoms with Crippen molar-refractivity contribution < 1.29 is 0 Å². The van der Waals surface area contributed by atoms with Crippen LogP contribution in [0, 0.1) is 0 Å². The number of hydrogen-bond acceptors (Lipinski definition) is 0. The summed E-state index contributed by atoms with van der Waals surface area (Å²) in [6.07, 6.45) is 0.621. The third kappa shape index (κ3) is 7.23. The summed E-state index contributed by atoms with van der Waals surface area (Å²) in [7, 11) is 0. The molecule has 0 aliphatic heterocycles. The number of halogens is 4. The molecule has 0 fully saturated rings. The molecule has 0 heterocycles. The van der Waals surface area contributed by atoms with Crippen LogP contribution in [0.5, 0.6) is 0 Å². The van der Waals surface area contributed by atoms with E-state index in [9.17, 15) is 0 Å². The van der Waals surface area contributed by atoms with Gasteiger partial charge in [0.2, 0.25) is 0 Å². The van der Waals surface area contributed by atoms with Crippen LogP contribution in [0.1, 0.15) is 27.2 Å². The minimum absolute atomic E-state index is 0.376. The summed E-state index contributed by atoms with van der Waals surface area (Å²) in [6.45, 7) is 6.99. The zero-order chi connectivity index (χ0) is 12.1. The SMILES string of the molecule is C[CH2][Sn]([CH2]C)([CH2]C)[CH2]C(Br)CC(Cl)(Cl)Cl. The van der Waals surface area contributed by atoms with Crippen LogP contribution in [0.25, 0.3) is 0 Å². The van der Waals surface area contributed by atoms with E-state index in [0.717, 1.165) is 0 Å². The summed E-state index contributed by atoms with van der Waals surface area (Å²) in [5.74, 6) is 0. The van der Waals surface area contributed by atoms with Crippen molar-refractivity contribution in [1.29, 1.82) is 0 Å². The fourth-order valence-electron chi connectivity index (χ4n) is 1.98. The molecule has 0 aromatic rings. The minimum atomic E-state index is -1.87. The quantitative estimate of drug-likeness (QED) is 0.347. The van der Waals surface area contributed by atoms with Crippen molar-refractivity contribution >= 4 is 69.1 Å². The van der Waals surface area contributed by atoms with Gasteiger partial charge in [0, 0.05) is 0 Å². The van der Waals surface area contributed by atoms with Crippen molar-refractivity contribution in [2.75, 3.05) is 0 Å². The predicted octanol–water partition coefficient (Wildman–Crippen LogP) is 6.02. The summed E-state index contributed by atoms with van der Waals surface area (Å²) < 4.78 is 4.35. The Morgan fingerprint density at radius 2 is 1.47 bits per heavy atom. The second-order valence-corrected chi connectivity index (χ2v) is 23.8. The summed E-state index contributed by atoms with van der Waals surface area (Å²) in [6, 6.07) is 0. The molecule has 0 saturated carbocycles. The molecule has 0 saturated heterocycles. The monoisotopic (exact) mass is 444 g/mol. The number of alkyl halides is 4. The molecule has 0 aromatic heterocycles. The van der Waals surface area contributed by atoms with E-state index in [0.29, 0.717) is 11.2 Å². The molecule has 0 aromatic carbocycles. The second-order valence-electron chi connectivity index (χ2n) is 4.18. The first-order valence-corrected chi connectivity index (χ1v) is 15.6. The van der Waals surface area contributed by atoms with E-state index in [1.165, 1.54) is 17.7 Å². The first kappa shape index (κ1) is 17.1. The van der Waals surface area contributed by atoms with Crippen LogP contribution in [0.4, 0.5) is 0 Å². The third-order valence-electron chi connectivity index (χ3n) is 3.36. The van der Waals surface area contributed by atoms with Crippen molar-refractivity contribution in [3.05, 3.63) is 0 Å². The fraction of sp³-hybridized carbons (Fsp3) is 1.00. The van der Waals surface area contributed by atoms with E-state index in [1.54, 1.807) is 0 Å². The molecule has 5 heteroatoms. The first-order chi connectivity index (χ1) is 6.78. The molecule has 0 rings (SSSR count). The zero-order valence-corrected chi connectivity index (χ0v) is 16.3. The maximum atomic E-state index is 5.81. The van der Waals surface area contributed by atoms with Crippen molar-refractivity contribution in [3.8, 4) is 0 Å². The van der Waals surface area contributed by atoms with Gasteiger partial charge in [0.25, 0.3) is 0 Å². The van der Waals surface area contributed by atoms with Gasteiger partial charge in [-0.25, -0.2) is 0 Å². The molecule has 92 valence electrons. The average molecular weight is 445 g/mol. The third-order valence-corrected chi connectivity index (χ3v) is 22.9. The van der Waals surface area contributed by atoms with Crippen LogP contribution in [0.2, 0.25) is 17.7 Å². The molecular weight excluding hydrogens is 425 g/mol. The van der Waals surface area contributed by atoms with E-state index in [1.807, 2.05) is 0 Å². The van der Waals surface area contributed by atoms with Gasteiger partial charge in [-0.15, -0.1) is 0 Å².